The highest BCUT2D eigenvalue weighted by Gasteiger charge is 2.11. The van der Waals surface area contributed by atoms with E-state index in [1.807, 2.05) is 19.2 Å². The first kappa shape index (κ1) is 14.1. The zero-order chi connectivity index (χ0) is 12.7. The molecule has 0 fully saturated rings. The third kappa shape index (κ3) is 3.78. The summed E-state index contributed by atoms with van der Waals surface area (Å²) in [6, 6.07) is 3.82. The van der Waals surface area contributed by atoms with Gasteiger partial charge in [-0.15, -0.1) is 11.8 Å². The molecular formula is C12H18FNO2S. The SMILES string of the molecule is CNCc1cc(OC)c(SCCF)cc1OC. The van der Waals surface area contributed by atoms with Crippen molar-refractivity contribution in [2.75, 3.05) is 33.7 Å². The number of nitrogens with one attached hydrogen (secondary N) is 1. The van der Waals surface area contributed by atoms with Crippen LogP contribution in [0.15, 0.2) is 17.0 Å². The Morgan fingerprint density at radius 1 is 1.24 bits per heavy atom. The Balaban J connectivity index is 3.04. The average molecular weight is 259 g/mol. The van der Waals surface area contributed by atoms with E-state index < -0.39 is 0 Å². The van der Waals surface area contributed by atoms with E-state index in [2.05, 4.69) is 5.32 Å². The Labute approximate surface area is 106 Å². The van der Waals surface area contributed by atoms with Crippen LogP contribution in [0.3, 0.4) is 0 Å². The first-order valence-electron chi connectivity index (χ1n) is 5.35. The fraction of sp³-hybridized carbons (Fsp3) is 0.500. The lowest BCUT2D eigenvalue weighted by molar-refractivity contribution is 0.389. The van der Waals surface area contributed by atoms with E-state index in [1.165, 1.54) is 11.8 Å². The van der Waals surface area contributed by atoms with Gasteiger partial charge in [0.15, 0.2) is 0 Å². The van der Waals surface area contributed by atoms with E-state index >= 15 is 0 Å². The van der Waals surface area contributed by atoms with Gasteiger partial charge >= 0.3 is 0 Å². The summed E-state index contributed by atoms with van der Waals surface area (Å²) in [5, 5.41) is 3.07. The number of alkyl halides is 1. The number of hydrogen-bond acceptors (Lipinski definition) is 4. The number of benzene rings is 1. The molecule has 0 amide bonds. The molecule has 0 heterocycles. The van der Waals surface area contributed by atoms with Crippen molar-refractivity contribution in [3.05, 3.63) is 17.7 Å². The molecular weight excluding hydrogens is 241 g/mol. The van der Waals surface area contributed by atoms with Crippen molar-refractivity contribution in [3.8, 4) is 11.5 Å². The van der Waals surface area contributed by atoms with Gasteiger partial charge in [-0.3, -0.25) is 4.39 Å². The topological polar surface area (TPSA) is 30.5 Å². The molecule has 5 heteroatoms. The minimum atomic E-state index is -0.353. The molecule has 3 nitrogen and oxygen atoms in total. The largest absolute Gasteiger partial charge is 0.496 e. The maximum atomic E-state index is 12.2. The fourth-order valence-electron chi connectivity index (χ4n) is 1.52. The molecule has 1 N–H and O–H groups in total. The quantitative estimate of drug-likeness (QED) is 0.762. The summed E-state index contributed by atoms with van der Waals surface area (Å²) in [5.74, 6) is 1.97. The van der Waals surface area contributed by atoms with Gasteiger partial charge in [-0.05, 0) is 19.2 Å². The van der Waals surface area contributed by atoms with Gasteiger partial charge < -0.3 is 14.8 Å². The molecule has 96 valence electrons. The minimum Gasteiger partial charge on any atom is -0.496 e. The van der Waals surface area contributed by atoms with E-state index in [4.69, 9.17) is 9.47 Å². The van der Waals surface area contributed by atoms with Crippen LogP contribution in [0.5, 0.6) is 11.5 Å². The summed E-state index contributed by atoms with van der Waals surface area (Å²) >= 11 is 1.43. The summed E-state index contributed by atoms with van der Waals surface area (Å²) in [6.45, 7) is 0.349. The van der Waals surface area contributed by atoms with Gasteiger partial charge in [-0.1, -0.05) is 0 Å². The van der Waals surface area contributed by atoms with Crippen molar-refractivity contribution >= 4 is 11.8 Å². The monoisotopic (exact) mass is 259 g/mol. The molecule has 0 unspecified atom stereocenters. The molecule has 0 aliphatic rings. The second-order valence-corrected chi connectivity index (χ2v) is 4.52. The Hall–Kier alpha value is -0.940. The highest BCUT2D eigenvalue weighted by Crippen LogP contribution is 2.35. The predicted octanol–water partition coefficient (Wildman–Crippen LogP) is 2.48. The van der Waals surface area contributed by atoms with Crippen molar-refractivity contribution in [1.29, 1.82) is 0 Å². The van der Waals surface area contributed by atoms with Crippen LogP contribution in [0.1, 0.15) is 5.56 Å². The van der Waals surface area contributed by atoms with Gasteiger partial charge in [-0.25, -0.2) is 0 Å². The first-order valence-corrected chi connectivity index (χ1v) is 6.33. The van der Waals surface area contributed by atoms with Gasteiger partial charge in [0.05, 0.1) is 25.8 Å². The zero-order valence-electron chi connectivity index (χ0n) is 10.4. The van der Waals surface area contributed by atoms with E-state index in [1.54, 1.807) is 14.2 Å². The van der Waals surface area contributed by atoms with Crippen LogP contribution in [0.2, 0.25) is 0 Å². The van der Waals surface area contributed by atoms with Crippen LogP contribution >= 0.6 is 11.8 Å². The third-order valence-electron chi connectivity index (χ3n) is 2.27. The van der Waals surface area contributed by atoms with Crippen molar-refractivity contribution in [1.82, 2.24) is 5.32 Å². The van der Waals surface area contributed by atoms with Crippen molar-refractivity contribution in [2.45, 2.75) is 11.4 Å². The summed E-state index contributed by atoms with van der Waals surface area (Å²) < 4.78 is 22.8. The zero-order valence-corrected chi connectivity index (χ0v) is 11.2. The summed E-state index contributed by atoms with van der Waals surface area (Å²) in [7, 11) is 5.12. The molecule has 17 heavy (non-hydrogen) atoms. The van der Waals surface area contributed by atoms with Gasteiger partial charge in [-0.2, -0.15) is 0 Å². The summed E-state index contributed by atoms with van der Waals surface area (Å²) in [5.41, 5.74) is 1.02. The Morgan fingerprint density at radius 2 is 1.94 bits per heavy atom. The molecule has 0 aliphatic heterocycles. The summed E-state index contributed by atoms with van der Waals surface area (Å²) in [6.07, 6.45) is 0. The normalized spacial score (nSPS) is 10.4. The smallest absolute Gasteiger partial charge is 0.133 e. The van der Waals surface area contributed by atoms with E-state index in [9.17, 15) is 4.39 Å². The Bertz CT molecular complexity index is 361. The lowest BCUT2D eigenvalue weighted by atomic mass is 10.2. The number of halogens is 1. The van der Waals surface area contributed by atoms with E-state index in [-0.39, 0.29) is 6.67 Å². The van der Waals surface area contributed by atoms with E-state index in [0.29, 0.717) is 12.3 Å². The number of methoxy groups -OCH3 is 2. The van der Waals surface area contributed by atoms with Gasteiger partial charge in [0.25, 0.3) is 0 Å². The molecule has 0 bridgehead atoms. The first-order chi connectivity index (χ1) is 8.26. The van der Waals surface area contributed by atoms with Gasteiger partial charge in [0, 0.05) is 17.9 Å². The highest BCUT2D eigenvalue weighted by atomic mass is 32.2. The Morgan fingerprint density at radius 3 is 2.47 bits per heavy atom. The lowest BCUT2D eigenvalue weighted by Gasteiger charge is -2.14. The Kier molecular flexibility index (Phi) is 6.15. The van der Waals surface area contributed by atoms with Gasteiger partial charge in [0.1, 0.15) is 11.5 Å². The third-order valence-corrected chi connectivity index (χ3v) is 3.26. The van der Waals surface area contributed by atoms with Crippen LogP contribution in [-0.2, 0) is 6.54 Å². The maximum absolute atomic E-state index is 12.2. The predicted molar refractivity (Wildman–Crippen MR) is 69.0 cm³/mol. The van der Waals surface area contributed by atoms with Crippen LogP contribution in [-0.4, -0.2) is 33.7 Å². The molecule has 0 aliphatic carbocycles. The van der Waals surface area contributed by atoms with Crippen molar-refractivity contribution in [3.63, 3.8) is 0 Å². The minimum absolute atomic E-state index is 0.353. The van der Waals surface area contributed by atoms with Crippen LogP contribution < -0.4 is 14.8 Å². The second-order valence-electron chi connectivity index (χ2n) is 3.38. The van der Waals surface area contributed by atoms with Crippen molar-refractivity contribution in [2.24, 2.45) is 0 Å². The molecule has 0 atom stereocenters. The molecule has 0 saturated carbocycles. The standard InChI is InChI=1S/C12H18FNO2S/c1-14-8-9-6-11(16-3)12(17-5-4-13)7-10(9)15-2/h6-7,14H,4-5,8H2,1-3H3. The van der Waals surface area contributed by atoms with Gasteiger partial charge in [0.2, 0.25) is 0 Å². The number of hydrogen-bond donors (Lipinski definition) is 1. The average Bonchev–Trinajstić information content (AvgIpc) is 2.36. The van der Waals surface area contributed by atoms with Crippen LogP contribution in [0.25, 0.3) is 0 Å². The maximum Gasteiger partial charge on any atom is 0.133 e. The van der Waals surface area contributed by atoms with Crippen molar-refractivity contribution < 1.29 is 13.9 Å². The van der Waals surface area contributed by atoms with E-state index in [0.717, 1.165) is 22.0 Å². The molecule has 1 aromatic carbocycles. The molecule has 0 saturated heterocycles. The molecule has 0 spiro atoms. The highest BCUT2D eigenvalue weighted by molar-refractivity contribution is 7.99. The number of thioether (sulfide) groups is 1. The number of ether oxygens (including phenoxy) is 2. The molecule has 0 radical (unpaired) electrons. The second kappa shape index (κ2) is 7.40. The molecule has 1 aromatic rings. The number of rotatable bonds is 7. The van der Waals surface area contributed by atoms with Crippen LogP contribution in [0, 0.1) is 0 Å². The van der Waals surface area contributed by atoms with Crippen LogP contribution in [0.4, 0.5) is 4.39 Å². The lowest BCUT2D eigenvalue weighted by Crippen LogP contribution is -2.07. The molecule has 1 rings (SSSR count). The fourth-order valence-corrected chi connectivity index (χ4v) is 2.29. The summed E-state index contributed by atoms with van der Waals surface area (Å²) in [4.78, 5) is 0.904. The molecule has 0 aromatic heterocycles.